The number of carbonyl (C=O) groups is 1. The third-order valence-corrected chi connectivity index (χ3v) is 2.64. The van der Waals surface area contributed by atoms with Gasteiger partial charge in [-0.2, -0.15) is 0 Å². The minimum absolute atomic E-state index is 0.105. The van der Waals surface area contributed by atoms with Crippen LogP contribution in [-0.4, -0.2) is 38.8 Å². The molecule has 1 rings (SSSR count). The summed E-state index contributed by atoms with van der Waals surface area (Å²) in [6.07, 6.45) is 0. The summed E-state index contributed by atoms with van der Waals surface area (Å²) >= 11 is 0. The standard InChI is InChI=1S/C15H24N2O3/c1-4-16-9-10-17-15(18)12-7-8-13(19-5-2)14(11-12)20-6-3/h7-8,11,16H,4-6,9-10H2,1-3H3,(H,17,18). The smallest absolute Gasteiger partial charge is 0.251 e. The summed E-state index contributed by atoms with van der Waals surface area (Å²) in [7, 11) is 0. The Kier molecular flexibility index (Phi) is 7.50. The lowest BCUT2D eigenvalue weighted by Gasteiger charge is -2.12. The Bertz CT molecular complexity index is 422. The third kappa shape index (κ3) is 5.09. The van der Waals surface area contributed by atoms with Crippen LogP contribution in [0.1, 0.15) is 31.1 Å². The summed E-state index contributed by atoms with van der Waals surface area (Å²) < 4.78 is 11.0. The van der Waals surface area contributed by atoms with Gasteiger partial charge in [0, 0.05) is 18.7 Å². The minimum Gasteiger partial charge on any atom is -0.490 e. The molecule has 0 unspecified atom stereocenters. The Hall–Kier alpha value is -1.75. The van der Waals surface area contributed by atoms with Gasteiger partial charge in [-0.25, -0.2) is 0 Å². The fourth-order valence-electron chi connectivity index (χ4n) is 1.74. The van der Waals surface area contributed by atoms with Gasteiger partial charge in [-0.15, -0.1) is 0 Å². The second-order valence-corrected chi connectivity index (χ2v) is 4.14. The average Bonchev–Trinajstić information content (AvgIpc) is 2.45. The van der Waals surface area contributed by atoms with Gasteiger partial charge in [-0.3, -0.25) is 4.79 Å². The molecule has 0 aliphatic heterocycles. The number of hydrogen-bond donors (Lipinski definition) is 2. The zero-order valence-corrected chi connectivity index (χ0v) is 12.5. The van der Waals surface area contributed by atoms with E-state index in [1.54, 1.807) is 18.2 Å². The van der Waals surface area contributed by atoms with Crippen LogP contribution in [0.2, 0.25) is 0 Å². The first-order valence-electron chi connectivity index (χ1n) is 7.11. The Morgan fingerprint density at radius 1 is 1.05 bits per heavy atom. The highest BCUT2D eigenvalue weighted by Gasteiger charge is 2.10. The summed E-state index contributed by atoms with van der Waals surface area (Å²) in [6.45, 7) is 9.20. The van der Waals surface area contributed by atoms with Gasteiger partial charge in [0.2, 0.25) is 0 Å². The molecule has 0 heterocycles. The maximum atomic E-state index is 12.0. The maximum absolute atomic E-state index is 12.0. The highest BCUT2D eigenvalue weighted by atomic mass is 16.5. The largest absolute Gasteiger partial charge is 0.490 e. The highest BCUT2D eigenvalue weighted by molar-refractivity contribution is 5.94. The van der Waals surface area contributed by atoms with Gasteiger partial charge in [-0.1, -0.05) is 6.92 Å². The Balaban J connectivity index is 2.69. The van der Waals surface area contributed by atoms with Crippen molar-refractivity contribution in [1.29, 1.82) is 0 Å². The van der Waals surface area contributed by atoms with E-state index in [-0.39, 0.29) is 5.91 Å². The van der Waals surface area contributed by atoms with Gasteiger partial charge in [0.1, 0.15) is 0 Å². The molecule has 1 aromatic rings. The molecular formula is C15H24N2O3. The first-order chi connectivity index (χ1) is 9.72. The minimum atomic E-state index is -0.105. The molecule has 0 aliphatic carbocycles. The van der Waals surface area contributed by atoms with Crippen LogP contribution in [0.25, 0.3) is 0 Å². The molecule has 0 saturated carbocycles. The first kappa shape index (κ1) is 16.3. The molecule has 20 heavy (non-hydrogen) atoms. The van der Waals surface area contributed by atoms with Crippen LogP contribution >= 0.6 is 0 Å². The zero-order chi connectivity index (χ0) is 14.8. The summed E-state index contributed by atoms with van der Waals surface area (Å²) in [5, 5.41) is 6.01. The number of hydrogen-bond acceptors (Lipinski definition) is 4. The summed E-state index contributed by atoms with van der Waals surface area (Å²) in [6, 6.07) is 5.24. The van der Waals surface area contributed by atoms with Crippen LogP contribution in [0.15, 0.2) is 18.2 Å². The van der Waals surface area contributed by atoms with Gasteiger partial charge in [0.25, 0.3) is 5.91 Å². The normalized spacial score (nSPS) is 10.2. The fraction of sp³-hybridized carbons (Fsp3) is 0.533. The van der Waals surface area contributed by atoms with Crippen molar-refractivity contribution in [3.63, 3.8) is 0 Å². The molecule has 1 amide bonds. The van der Waals surface area contributed by atoms with Crippen molar-refractivity contribution < 1.29 is 14.3 Å². The zero-order valence-electron chi connectivity index (χ0n) is 12.5. The van der Waals surface area contributed by atoms with Crippen molar-refractivity contribution in [3.8, 4) is 11.5 Å². The van der Waals surface area contributed by atoms with Crippen LogP contribution in [-0.2, 0) is 0 Å². The van der Waals surface area contributed by atoms with E-state index < -0.39 is 0 Å². The molecule has 5 nitrogen and oxygen atoms in total. The molecule has 0 fully saturated rings. The van der Waals surface area contributed by atoms with Gasteiger partial charge in [0.05, 0.1) is 13.2 Å². The molecule has 0 bridgehead atoms. The van der Waals surface area contributed by atoms with E-state index >= 15 is 0 Å². The van der Waals surface area contributed by atoms with Crippen molar-refractivity contribution in [2.24, 2.45) is 0 Å². The lowest BCUT2D eigenvalue weighted by atomic mass is 10.2. The van der Waals surface area contributed by atoms with Crippen LogP contribution < -0.4 is 20.1 Å². The predicted molar refractivity (Wildman–Crippen MR) is 79.7 cm³/mol. The molecule has 2 N–H and O–H groups in total. The quantitative estimate of drug-likeness (QED) is 0.677. The van der Waals surface area contributed by atoms with Crippen LogP contribution in [0, 0.1) is 0 Å². The molecule has 0 radical (unpaired) electrons. The molecule has 5 heteroatoms. The van der Waals surface area contributed by atoms with E-state index in [2.05, 4.69) is 10.6 Å². The lowest BCUT2D eigenvalue weighted by Crippen LogP contribution is -2.31. The van der Waals surface area contributed by atoms with Crippen molar-refractivity contribution in [2.75, 3.05) is 32.8 Å². The predicted octanol–water partition coefficient (Wildman–Crippen LogP) is 1.82. The van der Waals surface area contributed by atoms with E-state index in [4.69, 9.17) is 9.47 Å². The molecule has 0 saturated heterocycles. The van der Waals surface area contributed by atoms with Gasteiger partial charge in [-0.05, 0) is 38.6 Å². The van der Waals surface area contributed by atoms with Gasteiger partial charge >= 0.3 is 0 Å². The van der Waals surface area contributed by atoms with E-state index in [1.807, 2.05) is 20.8 Å². The molecular weight excluding hydrogens is 256 g/mol. The third-order valence-electron chi connectivity index (χ3n) is 2.64. The monoisotopic (exact) mass is 280 g/mol. The number of amides is 1. The van der Waals surface area contributed by atoms with E-state index in [9.17, 15) is 4.79 Å². The maximum Gasteiger partial charge on any atom is 0.251 e. The molecule has 1 aromatic carbocycles. The second-order valence-electron chi connectivity index (χ2n) is 4.14. The number of likely N-dealkylation sites (N-methyl/N-ethyl adjacent to an activating group) is 1. The molecule has 0 atom stereocenters. The number of nitrogens with one attached hydrogen (secondary N) is 2. The van der Waals surface area contributed by atoms with Gasteiger partial charge in [0.15, 0.2) is 11.5 Å². The Morgan fingerprint density at radius 2 is 1.75 bits per heavy atom. The van der Waals surface area contributed by atoms with Crippen molar-refractivity contribution in [1.82, 2.24) is 10.6 Å². The molecule has 0 spiro atoms. The summed E-state index contributed by atoms with van der Waals surface area (Å²) in [5.41, 5.74) is 0.577. The highest BCUT2D eigenvalue weighted by Crippen LogP contribution is 2.28. The topological polar surface area (TPSA) is 59.6 Å². The second kappa shape index (κ2) is 9.20. The van der Waals surface area contributed by atoms with Crippen LogP contribution in [0.5, 0.6) is 11.5 Å². The summed E-state index contributed by atoms with van der Waals surface area (Å²) in [5.74, 6) is 1.17. The molecule has 0 aliphatic rings. The Labute approximate surface area is 120 Å². The molecule has 112 valence electrons. The van der Waals surface area contributed by atoms with E-state index in [0.717, 1.165) is 13.1 Å². The average molecular weight is 280 g/mol. The number of ether oxygens (including phenoxy) is 2. The van der Waals surface area contributed by atoms with Crippen molar-refractivity contribution in [3.05, 3.63) is 23.8 Å². The lowest BCUT2D eigenvalue weighted by molar-refractivity contribution is 0.0953. The van der Waals surface area contributed by atoms with Crippen LogP contribution in [0.4, 0.5) is 0 Å². The SMILES string of the molecule is CCNCCNC(=O)c1ccc(OCC)c(OCC)c1. The van der Waals surface area contributed by atoms with E-state index in [0.29, 0.717) is 36.8 Å². The number of benzene rings is 1. The van der Waals surface area contributed by atoms with E-state index in [1.165, 1.54) is 0 Å². The number of carbonyl (C=O) groups excluding carboxylic acids is 1. The van der Waals surface area contributed by atoms with Gasteiger partial charge < -0.3 is 20.1 Å². The van der Waals surface area contributed by atoms with Crippen molar-refractivity contribution >= 4 is 5.91 Å². The molecule has 0 aromatic heterocycles. The fourth-order valence-corrected chi connectivity index (χ4v) is 1.74. The van der Waals surface area contributed by atoms with Crippen molar-refractivity contribution in [2.45, 2.75) is 20.8 Å². The van der Waals surface area contributed by atoms with Crippen LogP contribution in [0.3, 0.4) is 0 Å². The summed E-state index contributed by atoms with van der Waals surface area (Å²) in [4.78, 5) is 12.0. The first-order valence-corrected chi connectivity index (χ1v) is 7.11. The number of rotatable bonds is 9. The Morgan fingerprint density at radius 3 is 2.40 bits per heavy atom.